The van der Waals surface area contributed by atoms with Gasteiger partial charge >= 0.3 is 5.97 Å². The summed E-state index contributed by atoms with van der Waals surface area (Å²) in [6, 6.07) is 0. The molecule has 0 spiro atoms. The number of hydrogen-bond acceptors (Lipinski definition) is 3. The zero-order chi connectivity index (χ0) is 9.40. The lowest BCUT2D eigenvalue weighted by Crippen LogP contribution is -2.15. The average Bonchev–Trinajstić information content (AvgIpc) is 2.10. The van der Waals surface area contributed by atoms with Crippen LogP contribution < -0.4 is 0 Å². The highest BCUT2D eigenvalue weighted by molar-refractivity contribution is 5.72. The van der Waals surface area contributed by atoms with E-state index < -0.39 is 5.92 Å². The highest BCUT2D eigenvalue weighted by Crippen LogP contribution is 1.97. The summed E-state index contributed by atoms with van der Waals surface area (Å²) in [5.74, 6) is -0.818. The van der Waals surface area contributed by atoms with Crippen molar-refractivity contribution in [2.45, 2.75) is 26.7 Å². The van der Waals surface area contributed by atoms with Gasteiger partial charge in [0.05, 0.1) is 18.8 Å². The van der Waals surface area contributed by atoms with Crippen LogP contribution in [0, 0.1) is 5.92 Å². The van der Waals surface area contributed by atoms with Gasteiger partial charge in [-0.2, -0.15) is 0 Å². The monoisotopic (exact) mass is 172 g/mol. The van der Waals surface area contributed by atoms with Crippen LogP contribution in [0.2, 0.25) is 0 Å². The average molecular weight is 172 g/mol. The summed E-state index contributed by atoms with van der Waals surface area (Å²) in [5.41, 5.74) is 0. The Morgan fingerprint density at radius 1 is 1.67 bits per heavy atom. The van der Waals surface area contributed by atoms with Gasteiger partial charge in [-0.15, -0.1) is 0 Å². The molecule has 0 aromatic rings. The Morgan fingerprint density at radius 3 is 2.83 bits per heavy atom. The summed E-state index contributed by atoms with van der Waals surface area (Å²) in [7, 11) is 0. The molecule has 0 aliphatic heterocycles. The normalized spacial score (nSPS) is 13.2. The van der Waals surface area contributed by atoms with Crippen LogP contribution in [0.3, 0.4) is 0 Å². The third-order valence-electron chi connectivity index (χ3n) is 1.41. The van der Waals surface area contributed by atoms with Gasteiger partial charge in [-0.05, 0) is 19.4 Å². The molecule has 0 aromatic heterocycles. The van der Waals surface area contributed by atoms with Crippen molar-refractivity contribution in [2.75, 3.05) is 6.61 Å². The van der Waals surface area contributed by atoms with Crippen molar-refractivity contribution in [3.8, 4) is 0 Å². The van der Waals surface area contributed by atoms with E-state index in [1.807, 2.05) is 6.92 Å². The van der Waals surface area contributed by atoms with E-state index in [2.05, 4.69) is 0 Å². The molecule has 12 heavy (non-hydrogen) atoms. The highest BCUT2D eigenvalue weighted by Gasteiger charge is 2.10. The molecule has 70 valence electrons. The van der Waals surface area contributed by atoms with E-state index in [1.165, 1.54) is 6.26 Å². The van der Waals surface area contributed by atoms with Crippen LogP contribution in [-0.4, -0.2) is 17.7 Å². The van der Waals surface area contributed by atoms with Crippen molar-refractivity contribution in [3.63, 3.8) is 0 Å². The number of carbonyl (C=O) groups excluding carboxylic acids is 1. The van der Waals surface area contributed by atoms with Gasteiger partial charge in [-0.25, -0.2) is 0 Å². The molecule has 1 unspecified atom stereocenters. The lowest BCUT2D eigenvalue weighted by Gasteiger charge is -2.03. The van der Waals surface area contributed by atoms with Crippen LogP contribution in [0.4, 0.5) is 0 Å². The number of aliphatic hydroxyl groups excluding tert-OH is 1. The summed E-state index contributed by atoms with van der Waals surface area (Å²) in [4.78, 5) is 10.9. The van der Waals surface area contributed by atoms with Crippen LogP contribution >= 0.6 is 0 Å². The van der Waals surface area contributed by atoms with Crippen molar-refractivity contribution < 1.29 is 14.6 Å². The molecule has 0 fully saturated rings. The van der Waals surface area contributed by atoms with Gasteiger partial charge in [0.25, 0.3) is 0 Å². The van der Waals surface area contributed by atoms with Crippen molar-refractivity contribution in [1.29, 1.82) is 0 Å². The molecular formula is C9H16O3. The third kappa shape index (κ3) is 4.91. The van der Waals surface area contributed by atoms with E-state index in [9.17, 15) is 4.79 Å². The molecule has 0 bridgehead atoms. The SMILES string of the molecule is CCCC=COC(=O)C(C)CO. The minimum atomic E-state index is -0.434. The topological polar surface area (TPSA) is 46.5 Å². The second kappa shape index (κ2) is 6.85. The molecule has 1 N–H and O–H groups in total. The molecule has 0 saturated heterocycles. The maximum atomic E-state index is 10.9. The van der Waals surface area contributed by atoms with Gasteiger partial charge in [-0.3, -0.25) is 4.79 Å². The maximum absolute atomic E-state index is 10.9. The minimum Gasteiger partial charge on any atom is -0.435 e. The highest BCUT2D eigenvalue weighted by atomic mass is 16.5. The molecule has 0 heterocycles. The Balaban J connectivity index is 3.56. The number of rotatable bonds is 5. The number of esters is 1. The molecule has 0 aliphatic rings. The fraction of sp³-hybridized carbons (Fsp3) is 0.667. The third-order valence-corrected chi connectivity index (χ3v) is 1.41. The molecule has 3 heteroatoms. The molecule has 0 amide bonds. The largest absolute Gasteiger partial charge is 0.435 e. The first-order valence-electron chi connectivity index (χ1n) is 4.18. The summed E-state index contributed by atoms with van der Waals surface area (Å²) in [5, 5.41) is 8.58. The van der Waals surface area contributed by atoms with Crippen molar-refractivity contribution in [1.82, 2.24) is 0 Å². The molecule has 3 nitrogen and oxygen atoms in total. The van der Waals surface area contributed by atoms with Crippen LogP contribution in [0.15, 0.2) is 12.3 Å². The zero-order valence-corrected chi connectivity index (χ0v) is 7.62. The van der Waals surface area contributed by atoms with Gasteiger partial charge in [0.15, 0.2) is 0 Å². The molecule has 1 atom stereocenters. The fourth-order valence-electron chi connectivity index (χ4n) is 0.541. The standard InChI is InChI=1S/C9H16O3/c1-3-4-5-6-12-9(11)8(2)7-10/h5-6,8,10H,3-4,7H2,1-2H3. The van der Waals surface area contributed by atoms with E-state index in [-0.39, 0.29) is 12.6 Å². The van der Waals surface area contributed by atoms with Crippen LogP contribution in [0.1, 0.15) is 26.7 Å². The number of hydrogen-bond donors (Lipinski definition) is 1. The Bertz CT molecular complexity index is 152. The molecule has 0 rings (SSSR count). The first-order valence-corrected chi connectivity index (χ1v) is 4.18. The van der Waals surface area contributed by atoms with Gasteiger partial charge in [0, 0.05) is 0 Å². The van der Waals surface area contributed by atoms with Crippen LogP contribution in [0.5, 0.6) is 0 Å². The van der Waals surface area contributed by atoms with E-state index in [0.717, 1.165) is 12.8 Å². The number of unbranched alkanes of at least 4 members (excludes halogenated alkanes) is 1. The second-order valence-corrected chi connectivity index (χ2v) is 2.68. The Morgan fingerprint density at radius 2 is 2.33 bits per heavy atom. The molecule has 0 aromatic carbocycles. The lowest BCUT2D eigenvalue weighted by atomic mass is 10.2. The van der Waals surface area contributed by atoms with Gasteiger partial charge in [-0.1, -0.05) is 13.3 Å². The molecule has 0 radical (unpaired) electrons. The van der Waals surface area contributed by atoms with E-state index in [1.54, 1.807) is 13.0 Å². The van der Waals surface area contributed by atoms with Crippen LogP contribution in [-0.2, 0) is 9.53 Å². The van der Waals surface area contributed by atoms with Gasteiger partial charge in [0.2, 0.25) is 0 Å². The summed E-state index contributed by atoms with van der Waals surface area (Å²) in [6.07, 6.45) is 5.12. The molecule has 0 saturated carbocycles. The predicted octanol–water partition coefficient (Wildman–Crippen LogP) is 1.47. The number of ether oxygens (including phenoxy) is 1. The molecular weight excluding hydrogens is 156 g/mol. The van der Waals surface area contributed by atoms with Gasteiger partial charge < -0.3 is 9.84 Å². The van der Waals surface area contributed by atoms with Crippen molar-refractivity contribution >= 4 is 5.97 Å². The van der Waals surface area contributed by atoms with Crippen LogP contribution in [0.25, 0.3) is 0 Å². The Labute approximate surface area is 73.0 Å². The maximum Gasteiger partial charge on any atom is 0.315 e. The fourth-order valence-corrected chi connectivity index (χ4v) is 0.541. The minimum absolute atomic E-state index is 0.166. The zero-order valence-electron chi connectivity index (χ0n) is 7.62. The van der Waals surface area contributed by atoms with Crippen molar-refractivity contribution in [3.05, 3.63) is 12.3 Å². The summed E-state index contributed by atoms with van der Waals surface area (Å²) in [6.45, 7) is 3.50. The summed E-state index contributed by atoms with van der Waals surface area (Å²) < 4.78 is 4.72. The van der Waals surface area contributed by atoms with E-state index >= 15 is 0 Å². The van der Waals surface area contributed by atoms with E-state index in [0.29, 0.717) is 0 Å². The smallest absolute Gasteiger partial charge is 0.315 e. The van der Waals surface area contributed by atoms with Gasteiger partial charge in [0.1, 0.15) is 0 Å². The molecule has 0 aliphatic carbocycles. The second-order valence-electron chi connectivity index (χ2n) is 2.68. The predicted molar refractivity (Wildman–Crippen MR) is 46.4 cm³/mol. The summed E-state index contributed by atoms with van der Waals surface area (Å²) >= 11 is 0. The van der Waals surface area contributed by atoms with E-state index in [4.69, 9.17) is 9.84 Å². The number of allylic oxidation sites excluding steroid dienone is 1. The lowest BCUT2D eigenvalue weighted by molar-refractivity contribution is -0.143. The quantitative estimate of drug-likeness (QED) is 0.504. The first kappa shape index (κ1) is 11.2. The first-order chi connectivity index (χ1) is 5.72. The number of carbonyl (C=O) groups is 1. The van der Waals surface area contributed by atoms with Crippen molar-refractivity contribution in [2.24, 2.45) is 5.92 Å². The Kier molecular flexibility index (Phi) is 6.38. The number of aliphatic hydroxyl groups is 1. The Hall–Kier alpha value is -0.830.